The molecule has 14 heteroatoms. The number of amidine groups is 1. The van der Waals surface area contributed by atoms with E-state index in [0.29, 0.717) is 30.8 Å². The fourth-order valence-electron chi connectivity index (χ4n) is 3.60. The number of nitrogens with one attached hydrogen (secondary N) is 2. The van der Waals surface area contributed by atoms with E-state index in [-0.39, 0.29) is 12.1 Å². The van der Waals surface area contributed by atoms with Crippen LogP contribution < -0.4 is 16.4 Å². The molecule has 41 heavy (non-hydrogen) atoms. The Morgan fingerprint density at radius 3 is 2.51 bits per heavy atom. The molecular formula is C27H37F3N6O5. The number of hydrazone groups is 1. The van der Waals surface area contributed by atoms with Crippen LogP contribution in [0, 0.1) is 5.92 Å². The zero-order chi connectivity index (χ0) is 30.8. The standard InChI is InChI=1S/C17H19N5O4.C7H10F3NO.C3H8/c1-21-17(11-4-6-12(7-5-11)19-10-23)22-8-2-3-13(15(22)20-21)16(26)18-9-14(24)25;8-7(9,10)12-6-4-2-1-3-5-11;1-3-2/h2-4,6-8,10-11,17H,5,9H2,1H3,(H,18,26)(H,19,23)(H,24,25);1-4H,5-6,11H2;3H2,1-2H3/b;3-1-,4-2-;. The predicted octanol–water partition coefficient (Wildman–Crippen LogP) is 2.74. The molecule has 0 fully saturated rings. The molecule has 11 nitrogen and oxygen atoms in total. The summed E-state index contributed by atoms with van der Waals surface area (Å²) in [7, 11) is 1.83. The number of halogens is 3. The third-order valence-corrected chi connectivity index (χ3v) is 5.16. The highest BCUT2D eigenvalue weighted by atomic mass is 19.4. The molecule has 0 aromatic heterocycles. The van der Waals surface area contributed by atoms with Gasteiger partial charge in [0.2, 0.25) is 6.41 Å². The van der Waals surface area contributed by atoms with Gasteiger partial charge in [0.1, 0.15) is 12.7 Å². The largest absolute Gasteiger partial charge is 0.522 e. The Hall–Kier alpha value is -4.17. The van der Waals surface area contributed by atoms with Crippen molar-refractivity contribution in [1.29, 1.82) is 0 Å². The summed E-state index contributed by atoms with van der Waals surface area (Å²) in [4.78, 5) is 35.4. The van der Waals surface area contributed by atoms with Gasteiger partial charge in [-0.15, -0.1) is 13.2 Å². The van der Waals surface area contributed by atoms with E-state index in [1.807, 2.05) is 36.4 Å². The average Bonchev–Trinajstić information content (AvgIpc) is 3.26. The summed E-state index contributed by atoms with van der Waals surface area (Å²) in [5, 5.41) is 20.0. The van der Waals surface area contributed by atoms with E-state index in [2.05, 4.69) is 34.3 Å². The monoisotopic (exact) mass is 582 g/mol. The highest BCUT2D eigenvalue weighted by molar-refractivity contribution is 6.22. The second-order valence-electron chi connectivity index (χ2n) is 8.55. The Bertz CT molecular complexity index is 1100. The van der Waals surface area contributed by atoms with E-state index >= 15 is 0 Å². The Labute approximate surface area is 237 Å². The number of amides is 2. The van der Waals surface area contributed by atoms with E-state index in [1.54, 1.807) is 29.3 Å². The van der Waals surface area contributed by atoms with Crippen molar-refractivity contribution in [3.05, 3.63) is 72.2 Å². The maximum atomic E-state index is 12.3. The average molecular weight is 583 g/mol. The molecule has 2 aliphatic heterocycles. The molecule has 2 amide bonds. The molecule has 5 N–H and O–H groups in total. The molecule has 226 valence electrons. The topological polar surface area (TPSA) is 150 Å². The number of hydrogen-bond acceptors (Lipinski definition) is 8. The van der Waals surface area contributed by atoms with E-state index in [1.165, 1.54) is 18.6 Å². The van der Waals surface area contributed by atoms with Gasteiger partial charge in [0.15, 0.2) is 5.84 Å². The molecule has 2 atom stereocenters. The first-order valence-electron chi connectivity index (χ1n) is 12.8. The lowest BCUT2D eigenvalue weighted by Gasteiger charge is -2.34. The number of carboxylic acids is 1. The minimum absolute atomic E-state index is 0.101. The van der Waals surface area contributed by atoms with Gasteiger partial charge in [-0.25, -0.2) is 0 Å². The number of nitrogens with zero attached hydrogens (tertiary/aromatic N) is 3. The van der Waals surface area contributed by atoms with Gasteiger partial charge in [0.05, 0.1) is 12.2 Å². The van der Waals surface area contributed by atoms with Gasteiger partial charge in [0.25, 0.3) is 5.91 Å². The fraction of sp³-hybridized carbons (Fsp3) is 0.407. The molecule has 1 aliphatic carbocycles. The van der Waals surface area contributed by atoms with Crippen LogP contribution in [0.5, 0.6) is 0 Å². The van der Waals surface area contributed by atoms with Crippen molar-refractivity contribution < 1.29 is 37.4 Å². The van der Waals surface area contributed by atoms with E-state index in [0.717, 1.165) is 5.70 Å². The van der Waals surface area contributed by atoms with Crippen LogP contribution in [0.4, 0.5) is 13.2 Å². The quantitative estimate of drug-likeness (QED) is 0.227. The molecule has 0 saturated heterocycles. The number of allylic oxidation sites excluding steroid dienone is 6. The number of alkyl halides is 3. The first-order chi connectivity index (χ1) is 19.5. The van der Waals surface area contributed by atoms with Crippen LogP contribution >= 0.6 is 0 Å². The van der Waals surface area contributed by atoms with Crippen molar-refractivity contribution in [2.24, 2.45) is 16.8 Å². The van der Waals surface area contributed by atoms with Crippen molar-refractivity contribution in [3.63, 3.8) is 0 Å². The van der Waals surface area contributed by atoms with Crippen LogP contribution in [0.1, 0.15) is 26.7 Å². The van der Waals surface area contributed by atoms with Gasteiger partial charge >= 0.3 is 12.3 Å². The van der Waals surface area contributed by atoms with E-state index in [9.17, 15) is 27.6 Å². The SMILES string of the molecule is CCC.CN1N=C2C(C(=O)NCC(=O)O)=CC=CN2C1C1C=CC(NC=O)=CC1.NC/C=C\C=C/COC(F)(F)F. The molecule has 3 aliphatic rings. The van der Waals surface area contributed by atoms with Crippen molar-refractivity contribution in [2.75, 3.05) is 26.7 Å². The molecule has 0 radical (unpaired) electrons. The summed E-state index contributed by atoms with van der Waals surface area (Å²) in [5.74, 6) is -1.00. The fourth-order valence-corrected chi connectivity index (χ4v) is 3.60. The highest BCUT2D eigenvalue weighted by Crippen LogP contribution is 2.32. The molecule has 0 aromatic rings. The van der Waals surface area contributed by atoms with Crippen molar-refractivity contribution >= 4 is 24.1 Å². The highest BCUT2D eigenvalue weighted by Gasteiger charge is 2.39. The summed E-state index contributed by atoms with van der Waals surface area (Å²) >= 11 is 0. The van der Waals surface area contributed by atoms with Crippen LogP contribution in [-0.4, -0.2) is 78.4 Å². The van der Waals surface area contributed by atoms with E-state index in [4.69, 9.17) is 10.8 Å². The van der Waals surface area contributed by atoms with Crippen LogP contribution in [0.25, 0.3) is 0 Å². The lowest BCUT2D eigenvalue weighted by molar-refractivity contribution is -0.319. The lowest BCUT2D eigenvalue weighted by atomic mass is 9.94. The second kappa shape index (κ2) is 18.2. The molecular weight excluding hydrogens is 545 g/mol. The van der Waals surface area contributed by atoms with Gasteiger partial charge in [-0.3, -0.25) is 24.1 Å². The van der Waals surface area contributed by atoms with Crippen LogP contribution in [0.2, 0.25) is 0 Å². The van der Waals surface area contributed by atoms with Gasteiger partial charge in [-0.1, -0.05) is 56.7 Å². The van der Waals surface area contributed by atoms with Gasteiger partial charge in [-0.05, 0) is 24.6 Å². The van der Waals surface area contributed by atoms with Crippen LogP contribution in [0.15, 0.2) is 77.3 Å². The Kier molecular flexibility index (Phi) is 15.5. The number of carbonyl (C=O) groups is 3. The summed E-state index contributed by atoms with van der Waals surface area (Å²) in [5.41, 5.74) is 6.15. The number of aliphatic carboxylic acids is 1. The first kappa shape index (κ1) is 34.9. The van der Waals surface area contributed by atoms with Gasteiger partial charge in [0, 0.05) is 31.4 Å². The Morgan fingerprint density at radius 2 is 1.95 bits per heavy atom. The molecule has 0 aromatic carbocycles. The number of ether oxygens (including phenoxy) is 1. The van der Waals surface area contributed by atoms with Crippen molar-refractivity contribution in [3.8, 4) is 0 Å². The number of carbonyl (C=O) groups excluding carboxylic acids is 2. The summed E-state index contributed by atoms with van der Waals surface area (Å²) in [6, 6.07) is 0. The zero-order valence-electron chi connectivity index (χ0n) is 23.2. The predicted molar refractivity (Wildman–Crippen MR) is 149 cm³/mol. The minimum atomic E-state index is -4.55. The number of fused-ring (bicyclic) bond motifs is 1. The maximum absolute atomic E-state index is 12.3. The van der Waals surface area contributed by atoms with E-state index < -0.39 is 31.4 Å². The van der Waals surface area contributed by atoms with Crippen molar-refractivity contribution in [2.45, 2.75) is 39.2 Å². The summed E-state index contributed by atoms with van der Waals surface area (Å²) < 4.78 is 37.5. The molecule has 2 unspecified atom stereocenters. The van der Waals surface area contributed by atoms with Gasteiger partial charge < -0.3 is 26.4 Å². The third kappa shape index (κ3) is 12.7. The third-order valence-electron chi connectivity index (χ3n) is 5.16. The van der Waals surface area contributed by atoms with Gasteiger partial charge in [-0.2, -0.15) is 5.10 Å². The lowest BCUT2D eigenvalue weighted by Crippen LogP contribution is -2.45. The zero-order valence-corrected chi connectivity index (χ0v) is 23.2. The molecule has 0 saturated carbocycles. The molecule has 0 spiro atoms. The summed E-state index contributed by atoms with van der Waals surface area (Å²) in [6.45, 7) is 3.69. The number of hydrogen-bond donors (Lipinski definition) is 4. The second-order valence-corrected chi connectivity index (χ2v) is 8.55. The minimum Gasteiger partial charge on any atom is -0.480 e. The first-order valence-corrected chi connectivity index (χ1v) is 12.8. The maximum Gasteiger partial charge on any atom is 0.522 e. The Morgan fingerprint density at radius 1 is 1.27 bits per heavy atom. The molecule has 2 heterocycles. The van der Waals surface area contributed by atoms with Crippen LogP contribution in [-0.2, 0) is 19.1 Å². The van der Waals surface area contributed by atoms with Crippen molar-refractivity contribution in [1.82, 2.24) is 20.5 Å². The normalized spacial score (nSPS) is 19.3. The smallest absolute Gasteiger partial charge is 0.480 e. The van der Waals surface area contributed by atoms with Crippen LogP contribution in [0.3, 0.4) is 0 Å². The number of carboxylic acid groups (broad SMARTS) is 1. The molecule has 0 bridgehead atoms. The Balaban J connectivity index is 0.000000471. The number of rotatable bonds is 10. The molecule has 3 rings (SSSR count). The summed E-state index contributed by atoms with van der Waals surface area (Å²) in [6.07, 6.45) is 14.8. The number of nitrogens with two attached hydrogens (primary N) is 1.